The van der Waals surface area contributed by atoms with Crippen molar-refractivity contribution in [2.75, 3.05) is 36.5 Å². The van der Waals surface area contributed by atoms with Gasteiger partial charge in [0.05, 0.1) is 6.10 Å². The maximum absolute atomic E-state index is 5.96. The van der Waals surface area contributed by atoms with Crippen LogP contribution in [0.1, 0.15) is 24.1 Å². The number of aryl methyl sites for hydroxylation is 1. The molecule has 134 valence electrons. The highest BCUT2D eigenvalue weighted by molar-refractivity contribution is 5.73. The van der Waals surface area contributed by atoms with Crippen molar-refractivity contribution in [2.24, 2.45) is 0 Å². The molecule has 3 rings (SSSR count). The summed E-state index contributed by atoms with van der Waals surface area (Å²) in [5, 5.41) is 3.19. The van der Waals surface area contributed by atoms with Gasteiger partial charge < -0.3 is 26.3 Å². The van der Waals surface area contributed by atoms with Crippen molar-refractivity contribution < 1.29 is 9.47 Å². The Morgan fingerprint density at radius 1 is 1.32 bits per heavy atom. The van der Waals surface area contributed by atoms with E-state index in [1.54, 1.807) is 0 Å². The summed E-state index contributed by atoms with van der Waals surface area (Å²) >= 11 is 0. The molecule has 2 aromatic rings. The molecule has 8 heteroatoms. The van der Waals surface area contributed by atoms with Crippen LogP contribution >= 0.6 is 0 Å². The zero-order valence-electron chi connectivity index (χ0n) is 14.4. The second-order valence-electron chi connectivity index (χ2n) is 6.08. The molecule has 0 bridgehead atoms. The summed E-state index contributed by atoms with van der Waals surface area (Å²) in [6, 6.07) is 4.25. The van der Waals surface area contributed by atoms with Crippen molar-refractivity contribution in [1.82, 2.24) is 15.0 Å². The molecule has 0 aliphatic carbocycles. The number of pyridine rings is 1. The van der Waals surface area contributed by atoms with E-state index in [0.29, 0.717) is 24.7 Å². The van der Waals surface area contributed by atoms with E-state index in [1.165, 1.54) is 0 Å². The normalized spacial score (nSPS) is 16.8. The lowest BCUT2D eigenvalue weighted by atomic mass is 10.2. The van der Waals surface area contributed by atoms with E-state index in [0.717, 1.165) is 37.1 Å². The Kier molecular flexibility index (Phi) is 5.49. The molecule has 0 spiro atoms. The van der Waals surface area contributed by atoms with Gasteiger partial charge in [-0.05, 0) is 37.8 Å². The first-order chi connectivity index (χ1) is 12.1. The van der Waals surface area contributed by atoms with E-state index in [-0.39, 0.29) is 17.9 Å². The first-order valence-electron chi connectivity index (χ1n) is 8.44. The van der Waals surface area contributed by atoms with Gasteiger partial charge in [-0.25, -0.2) is 0 Å². The van der Waals surface area contributed by atoms with E-state index in [9.17, 15) is 0 Å². The predicted octanol–water partition coefficient (Wildman–Crippen LogP) is 1.56. The quantitative estimate of drug-likeness (QED) is 0.692. The van der Waals surface area contributed by atoms with Crippen LogP contribution in [0.3, 0.4) is 0 Å². The lowest BCUT2D eigenvalue weighted by Crippen LogP contribution is -2.18. The monoisotopic (exact) mass is 344 g/mol. The largest absolute Gasteiger partial charge is 0.461 e. The Morgan fingerprint density at radius 3 is 2.92 bits per heavy atom. The minimum absolute atomic E-state index is 0.0906. The summed E-state index contributed by atoms with van der Waals surface area (Å²) in [5.74, 6) is 0.687. The molecule has 1 aliphatic heterocycles. The van der Waals surface area contributed by atoms with E-state index in [2.05, 4.69) is 26.3 Å². The predicted molar refractivity (Wildman–Crippen MR) is 96.5 cm³/mol. The van der Waals surface area contributed by atoms with Gasteiger partial charge in [0.2, 0.25) is 0 Å². The summed E-state index contributed by atoms with van der Waals surface area (Å²) in [5.41, 5.74) is 14.3. The van der Waals surface area contributed by atoms with Crippen molar-refractivity contribution in [1.29, 1.82) is 0 Å². The van der Waals surface area contributed by atoms with Crippen molar-refractivity contribution in [3.63, 3.8) is 0 Å². The maximum Gasteiger partial charge on any atom is 0.320 e. The minimum Gasteiger partial charge on any atom is -0.461 e. The summed E-state index contributed by atoms with van der Waals surface area (Å²) < 4.78 is 11.1. The topological polar surface area (TPSA) is 121 Å². The molecular formula is C17H24N6O2. The zero-order valence-corrected chi connectivity index (χ0v) is 14.4. The van der Waals surface area contributed by atoms with Crippen LogP contribution in [-0.2, 0) is 11.2 Å². The summed E-state index contributed by atoms with van der Waals surface area (Å²) in [4.78, 5) is 12.7. The molecule has 1 aliphatic rings. The second-order valence-corrected chi connectivity index (χ2v) is 6.08. The van der Waals surface area contributed by atoms with E-state index in [1.807, 2.05) is 19.2 Å². The number of hydrogen-bond acceptors (Lipinski definition) is 8. The molecular weight excluding hydrogens is 320 g/mol. The molecule has 25 heavy (non-hydrogen) atoms. The van der Waals surface area contributed by atoms with Gasteiger partial charge in [0.15, 0.2) is 11.6 Å². The summed E-state index contributed by atoms with van der Waals surface area (Å²) in [7, 11) is 0. The average Bonchev–Trinajstić information content (AvgIpc) is 3.12. The SMILES string of the molecule is Cc1ccc(CCNc2nc(OCC3CCCO3)nc(N)c2N)cn1. The van der Waals surface area contributed by atoms with Crippen LogP contribution < -0.4 is 21.5 Å². The molecule has 0 radical (unpaired) electrons. The number of nitrogens with two attached hydrogens (primary N) is 2. The number of nitrogens with one attached hydrogen (secondary N) is 1. The lowest BCUT2D eigenvalue weighted by Gasteiger charge is -2.14. The fourth-order valence-electron chi connectivity index (χ4n) is 2.58. The number of nitrogens with zero attached hydrogens (tertiary/aromatic N) is 3. The molecule has 1 unspecified atom stereocenters. The fourth-order valence-corrected chi connectivity index (χ4v) is 2.58. The third-order valence-corrected chi connectivity index (χ3v) is 4.06. The van der Waals surface area contributed by atoms with E-state index >= 15 is 0 Å². The highest BCUT2D eigenvalue weighted by Crippen LogP contribution is 2.24. The van der Waals surface area contributed by atoms with Crippen molar-refractivity contribution in [3.05, 3.63) is 29.6 Å². The van der Waals surface area contributed by atoms with Gasteiger partial charge >= 0.3 is 6.01 Å². The Bertz CT molecular complexity index is 701. The number of hydrogen-bond donors (Lipinski definition) is 3. The van der Waals surface area contributed by atoms with Gasteiger partial charge in [-0.15, -0.1) is 0 Å². The molecule has 8 nitrogen and oxygen atoms in total. The van der Waals surface area contributed by atoms with E-state index < -0.39 is 0 Å². The number of aromatic nitrogens is 3. The number of ether oxygens (including phenoxy) is 2. The van der Waals surface area contributed by atoms with Crippen LogP contribution in [0.25, 0.3) is 0 Å². The highest BCUT2D eigenvalue weighted by Gasteiger charge is 2.17. The zero-order chi connectivity index (χ0) is 17.6. The molecule has 3 heterocycles. The Morgan fingerprint density at radius 2 is 2.20 bits per heavy atom. The average molecular weight is 344 g/mol. The Hall–Kier alpha value is -2.61. The van der Waals surface area contributed by atoms with Crippen LogP contribution in [-0.4, -0.2) is 40.8 Å². The van der Waals surface area contributed by atoms with Crippen molar-refractivity contribution in [3.8, 4) is 6.01 Å². The maximum atomic E-state index is 5.96. The molecule has 0 saturated carbocycles. The second kappa shape index (κ2) is 7.98. The van der Waals surface area contributed by atoms with E-state index in [4.69, 9.17) is 20.9 Å². The first kappa shape index (κ1) is 17.2. The van der Waals surface area contributed by atoms with Gasteiger partial charge in [0.25, 0.3) is 0 Å². The van der Waals surface area contributed by atoms with Gasteiger partial charge in [-0.3, -0.25) is 4.98 Å². The van der Waals surface area contributed by atoms with Crippen LogP contribution in [0.2, 0.25) is 0 Å². The molecule has 0 aromatic carbocycles. The third kappa shape index (κ3) is 4.69. The van der Waals surface area contributed by atoms with Crippen LogP contribution in [0.15, 0.2) is 18.3 Å². The van der Waals surface area contributed by atoms with Gasteiger partial charge in [0.1, 0.15) is 12.3 Å². The third-order valence-electron chi connectivity index (χ3n) is 4.06. The standard InChI is InChI=1S/C17H24N6O2/c1-11-4-5-12(9-21-11)6-7-20-16-14(18)15(19)22-17(23-16)25-10-13-3-2-8-24-13/h4-5,9,13H,2-3,6-8,10,18H2,1H3,(H3,19,20,22,23). The van der Waals surface area contributed by atoms with Crippen LogP contribution in [0, 0.1) is 6.92 Å². The van der Waals surface area contributed by atoms with Crippen molar-refractivity contribution in [2.45, 2.75) is 32.3 Å². The molecule has 1 saturated heterocycles. The highest BCUT2D eigenvalue weighted by atomic mass is 16.5. The molecule has 0 amide bonds. The number of anilines is 3. The Labute approximate surface area is 147 Å². The molecule has 5 N–H and O–H groups in total. The lowest BCUT2D eigenvalue weighted by molar-refractivity contribution is 0.0646. The summed E-state index contributed by atoms with van der Waals surface area (Å²) in [6.45, 7) is 3.80. The van der Waals surface area contributed by atoms with Gasteiger partial charge in [-0.1, -0.05) is 6.07 Å². The molecule has 2 aromatic heterocycles. The first-order valence-corrected chi connectivity index (χ1v) is 8.44. The fraction of sp³-hybridized carbons (Fsp3) is 0.471. The number of nitrogen functional groups attached to an aromatic ring is 2. The number of rotatable bonds is 7. The van der Waals surface area contributed by atoms with Gasteiger partial charge in [0, 0.05) is 25.0 Å². The smallest absolute Gasteiger partial charge is 0.320 e. The Balaban J connectivity index is 1.58. The molecule has 1 fully saturated rings. The van der Waals surface area contributed by atoms with Crippen molar-refractivity contribution >= 4 is 17.3 Å². The van der Waals surface area contributed by atoms with Crippen LogP contribution in [0.4, 0.5) is 17.3 Å². The minimum atomic E-state index is 0.0906. The molecule has 1 atom stereocenters. The van der Waals surface area contributed by atoms with Crippen LogP contribution in [0.5, 0.6) is 6.01 Å². The summed E-state index contributed by atoms with van der Waals surface area (Å²) in [6.07, 6.45) is 4.79. The van der Waals surface area contributed by atoms with Gasteiger partial charge in [-0.2, -0.15) is 9.97 Å².